The van der Waals surface area contributed by atoms with E-state index in [4.69, 9.17) is 9.15 Å². The smallest absolute Gasteiger partial charge is 0.277 e. The third-order valence-electron chi connectivity index (χ3n) is 5.10. The van der Waals surface area contributed by atoms with Crippen LogP contribution in [-0.2, 0) is 6.61 Å². The van der Waals surface area contributed by atoms with Gasteiger partial charge in [0.1, 0.15) is 17.4 Å². The molecule has 4 rings (SSSR count). The number of hydrogen-bond acceptors (Lipinski definition) is 6. The lowest BCUT2D eigenvalue weighted by molar-refractivity contribution is 0.102. The number of carbonyl (C=O) groups excluding carboxylic acids is 1. The van der Waals surface area contributed by atoms with Crippen molar-refractivity contribution in [2.45, 2.75) is 32.6 Å². The second-order valence-corrected chi connectivity index (χ2v) is 8.40. The number of hydrogen-bond donors (Lipinski definition) is 0. The number of aryl methyl sites for hydroxylation is 2. The summed E-state index contributed by atoms with van der Waals surface area (Å²) in [4.78, 5) is 12.8. The molecule has 0 N–H and O–H groups in total. The van der Waals surface area contributed by atoms with E-state index in [1.807, 2.05) is 24.5 Å². The molecule has 170 valence electrons. The molecular weight excluding hydrogens is 448 g/mol. The maximum atomic E-state index is 14.0. The molecule has 2 aromatic carbocycles. The molecule has 0 aliphatic rings. The summed E-state index contributed by atoms with van der Waals surface area (Å²) >= 11 is 1.13. The van der Waals surface area contributed by atoms with Crippen molar-refractivity contribution in [2.75, 3.05) is 5.75 Å². The van der Waals surface area contributed by atoms with Gasteiger partial charge in [-0.2, -0.15) is 0 Å². The minimum Gasteiger partial charge on any atom is -0.484 e. The van der Waals surface area contributed by atoms with Crippen LogP contribution in [0.4, 0.5) is 8.78 Å². The van der Waals surface area contributed by atoms with Gasteiger partial charge in [0, 0.05) is 22.6 Å². The Morgan fingerprint density at radius 2 is 1.82 bits per heavy atom. The second kappa shape index (κ2) is 9.58. The summed E-state index contributed by atoms with van der Waals surface area (Å²) in [6.45, 7) is 5.44. The fourth-order valence-corrected chi connectivity index (χ4v) is 4.06. The van der Waals surface area contributed by atoms with E-state index in [2.05, 4.69) is 10.2 Å². The van der Waals surface area contributed by atoms with Gasteiger partial charge in [0.15, 0.2) is 12.4 Å². The van der Waals surface area contributed by atoms with Crippen LogP contribution in [0.3, 0.4) is 0 Å². The van der Waals surface area contributed by atoms with Gasteiger partial charge in [-0.05, 0) is 68.8 Å². The minimum absolute atomic E-state index is 0.0292. The number of ether oxygens (including phenoxy) is 1. The quantitative estimate of drug-likeness (QED) is 0.247. The highest BCUT2D eigenvalue weighted by Gasteiger charge is 2.19. The third kappa shape index (κ3) is 5.14. The molecule has 2 heterocycles. The average molecular weight is 470 g/mol. The number of nitrogens with zero attached hydrogens (tertiary/aromatic N) is 3. The van der Waals surface area contributed by atoms with Gasteiger partial charge in [-0.25, -0.2) is 8.78 Å². The largest absolute Gasteiger partial charge is 0.484 e. The molecule has 4 aromatic rings. The molecule has 2 aromatic heterocycles. The van der Waals surface area contributed by atoms with Crippen molar-refractivity contribution in [3.05, 3.63) is 88.6 Å². The second-order valence-electron chi connectivity index (χ2n) is 7.47. The summed E-state index contributed by atoms with van der Waals surface area (Å²) in [5.41, 5.74) is 3.36. The van der Waals surface area contributed by atoms with Gasteiger partial charge in [-0.3, -0.25) is 4.79 Å². The summed E-state index contributed by atoms with van der Waals surface area (Å²) < 4.78 is 39.8. The van der Waals surface area contributed by atoms with Gasteiger partial charge in [-0.15, -0.1) is 10.2 Å². The van der Waals surface area contributed by atoms with E-state index in [9.17, 15) is 13.6 Å². The van der Waals surface area contributed by atoms with Crippen LogP contribution in [0.5, 0.6) is 5.75 Å². The maximum Gasteiger partial charge on any atom is 0.277 e. The van der Waals surface area contributed by atoms with Crippen LogP contribution in [0.2, 0.25) is 0 Å². The van der Waals surface area contributed by atoms with Crippen molar-refractivity contribution < 1.29 is 22.7 Å². The van der Waals surface area contributed by atoms with Crippen LogP contribution in [0, 0.1) is 32.4 Å². The molecule has 0 atom stereocenters. The molecule has 6 nitrogen and oxygen atoms in total. The maximum absolute atomic E-state index is 14.0. The first-order valence-corrected chi connectivity index (χ1v) is 11.1. The Balaban J connectivity index is 1.39. The first kappa shape index (κ1) is 22.7. The Bertz CT molecular complexity index is 1300. The Morgan fingerprint density at radius 3 is 2.55 bits per heavy atom. The van der Waals surface area contributed by atoms with E-state index in [1.165, 1.54) is 30.3 Å². The molecule has 0 radical (unpaired) electrons. The van der Waals surface area contributed by atoms with E-state index >= 15 is 0 Å². The summed E-state index contributed by atoms with van der Waals surface area (Å²) in [5, 5.41) is 8.07. The fourth-order valence-electron chi connectivity index (χ4n) is 3.40. The predicted molar refractivity (Wildman–Crippen MR) is 120 cm³/mol. The van der Waals surface area contributed by atoms with Crippen LogP contribution < -0.4 is 4.74 Å². The molecule has 0 saturated carbocycles. The topological polar surface area (TPSA) is 70.2 Å². The molecule has 0 aliphatic heterocycles. The predicted octanol–water partition coefficient (Wildman–Crippen LogP) is 5.62. The summed E-state index contributed by atoms with van der Waals surface area (Å²) in [6.07, 6.45) is 0. The average Bonchev–Trinajstić information content (AvgIpc) is 3.37. The molecule has 0 saturated heterocycles. The zero-order valence-corrected chi connectivity index (χ0v) is 19.1. The number of carbonyl (C=O) groups is 1. The van der Waals surface area contributed by atoms with Gasteiger partial charge < -0.3 is 13.7 Å². The van der Waals surface area contributed by atoms with Crippen LogP contribution in [0.25, 0.3) is 5.69 Å². The standard InChI is InChI=1S/C24H21F2N3O3S/c1-14-4-7-18(11-21(14)26)29-15(2)10-20(16(29)3)22(30)13-33-24-28-27-23(32-24)12-31-19-8-5-17(25)6-9-19/h4-11H,12-13H2,1-3H3. The number of rotatable bonds is 8. The fraction of sp³-hybridized carbons (Fsp3) is 0.208. The molecule has 0 fully saturated rings. The van der Waals surface area contributed by atoms with Gasteiger partial charge in [0.2, 0.25) is 0 Å². The lowest BCUT2D eigenvalue weighted by Gasteiger charge is -2.11. The van der Waals surface area contributed by atoms with Gasteiger partial charge in [0.25, 0.3) is 11.1 Å². The number of benzene rings is 2. The molecule has 0 unspecified atom stereocenters. The number of Topliss-reactive ketones (excluding diaryl/α,β-unsaturated/α-hetero) is 1. The summed E-state index contributed by atoms with van der Waals surface area (Å²) in [5.74, 6) is 0.0766. The zero-order valence-electron chi connectivity index (χ0n) is 18.3. The van der Waals surface area contributed by atoms with E-state index < -0.39 is 0 Å². The van der Waals surface area contributed by atoms with Crippen molar-refractivity contribution >= 4 is 17.5 Å². The lowest BCUT2D eigenvalue weighted by atomic mass is 10.2. The van der Waals surface area contributed by atoms with Crippen LogP contribution >= 0.6 is 11.8 Å². The van der Waals surface area contributed by atoms with Crippen molar-refractivity contribution in [3.8, 4) is 11.4 Å². The van der Waals surface area contributed by atoms with Crippen LogP contribution in [0.1, 0.15) is 33.2 Å². The van der Waals surface area contributed by atoms with E-state index in [-0.39, 0.29) is 40.9 Å². The highest BCUT2D eigenvalue weighted by molar-refractivity contribution is 7.99. The highest BCUT2D eigenvalue weighted by Crippen LogP contribution is 2.25. The monoisotopic (exact) mass is 469 g/mol. The van der Waals surface area contributed by atoms with E-state index in [0.717, 1.165) is 23.1 Å². The highest BCUT2D eigenvalue weighted by atomic mass is 32.2. The van der Waals surface area contributed by atoms with E-state index in [1.54, 1.807) is 19.1 Å². The molecule has 0 amide bonds. The minimum atomic E-state index is -0.352. The van der Waals surface area contributed by atoms with E-state index in [0.29, 0.717) is 22.6 Å². The van der Waals surface area contributed by atoms with Gasteiger partial charge in [0.05, 0.1) is 5.75 Å². The Kier molecular flexibility index (Phi) is 6.60. The van der Waals surface area contributed by atoms with Crippen LogP contribution in [-0.4, -0.2) is 26.3 Å². The van der Waals surface area contributed by atoms with Gasteiger partial charge >= 0.3 is 0 Å². The summed E-state index contributed by atoms with van der Waals surface area (Å²) in [6, 6.07) is 12.4. The Labute approximate surface area is 193 Å². The first-order valence-electron chi connectivity index (χ1n) is 10.1. The van der Waals surface area contributed by atoms with Gasteiger partial charge in [-0.1, -0.05) is 17.8 Å². The Hall–Kier alpha value is -3.46. The number of ketones is 1. The molecule has 0 spiro atoms. The molecule has 33 heavy (non-hydrogen) atoms. The van der Waals surface area contributed by atoms with Crippen LogP contribution in [0.15, 0.2) is 58.2 Å². The zero-order chi connectivity index (χ0) is 23.5. The number of halogens is 2. The van der Waals surface area contributed by atoms with Crippen molar-refractivity contribution in [2.24, 2.45) is 0 Å². The summed E-state index contributed by atoms with van der Waals surface area (Å²) in [7, 11) is 0. The molecular formula is C24H21F2N3O3S. The molecule has 0 bridgehead atoms. The lowest BCUT2D eigenvalue weighted by Crippen LogP contribution is -2.06. The SMILES string of the molecule is Cc1ccc(-n2c(C)cc(C(=O)CSc3nnc(COc4ccc(F)cc4)o3)c2C)cc1F. The number of aromatic nitrogens is 3. The van der Waals surface area contributed by atoms with Crippen molar-refractivity contribution in [1.82, 2.24) is 14.8 Å². The van der Waals surface area contributed by atoms with Crippen molar-refractivity contribution in [3.63, 3.8) is 0 Å². The van der Waals surface area contributed by atoms with Crippen molar-refractivity contribution in [1.29, 1.82) is 0 Å². The number of thioether (sulfide) groups is 1. The Morgan fingerprint density at radius 1 is 1.06 bits per heavy atom. The molecule has 0 aliphatic carbocycles. The third-order valence-corrected chi connectivity index (χ3v) is 5.91. The normalized spacial score (nSPS) is 11.1. The first-order chi connectivity index (χ1) is 15.8. The molecule has 9 heteroatoms.